The summed E-state index contributed by atoms with van der Waals surface area (Å²) in [4.78, 5) is 0. The first kappa shape index (κ1) is 8.69. The molecular formula is C12H17NO. The van der Waals surface area contributed by atoms with Gasteiger partial charge < -0.3 is 10.4 Å². The maximum Gasteiger partial charge on any atom is 0.106 e. The summed E-state index contributed by atoms with van der Waals surface area (Å²) < 4.78 is 0. The first-order valence-electron chi connectivity index (χ1n) is 5.64. The lowest BCUT2D eigenvalue weighted by Crippen LogP contribution is -2.43. The van der Waals surface area contributed by atoms with Crippen molar-refractivity contribution in [2.45, 2.75) is 31.3 Å². The molecule has 1 aliphatic heterocycles. The van der Waals surface area contributed by atoms with Crippen LogP contribution < -0.4 is 5.32 Å². The minimum absolute atomic E-state index is 0.448. The molecule has 2 fully saturated rings. The van der Waals surface area contributed by atoms with E-state index in [1.807, 2.05) is 0 Å². The molecule has 2 N–H and O–H groups in total. The van der Waals surface area contributed by atoms with Gasteiger partial charge in [0.25, 0.3) is 0 Å². The van der Waals surface area contributed by atoms with Crippen LogP contribution in [-0.2, 0) is 0 Å². The van der Waals surface area contributed by atoms with Crippen molar-refractivity contribution in [3.8, 4) is 0 Å². The molecule has 2 heteroatoms. The summed E-state index contributed by atoms with van der Waals surface area (Å²) in [7, 11) is 0. The van der Waals surface area contributed by atoms with E-state index in [1.54, 1.807) is 0 Å². The Hall–Kier alpha value is -0.600. The molecule has 1 heterocycles. The van der Waals surface area contributed by atoms with Gasteiger partial charge in [0.15, 0.2) is 0 Å². The van der Waals surface area contributed by atoms with Crippen LogP contribution in [0, 0.1) is 5.92 Å². The lowest BCUT2D eigenvalue weighted by molar-refractivity contribution is 0.0430. The minimum atomic E-state index is -0.537. The second-order valence-electron chi connectivity index (χ2n) is 4.72. The van der Waals surface area contributed by atoms with Crippen LogP contribution in [0.3, 0.4) is 0 Å². The second kappa shape index (κ2) is 2.94. The Morgan fingerprint density at radius 3 is 3.14 bits per heavy atom. The van der Waals surface area contributed by atoms with Gasteiger partial charge in [0, 0.05) is 19.0 Å². The quantitative estimate of drug-likeness (QED) is 0.606. The fourth-order valence-corrected chi connectivity index (χ4v) is 3.15. The zero-order chi connectivity index (χ0) is 9.60. The van der Waals surface area contributed by atoms with Gasteiger partial charge in [-0.1, -0.05) is 12.2 Å². The fourth-order valence-electron chi connectivity index (χ4n) is 3.15. The van der Waals surface area contributed by atoms with Gasteiger partial charge in [-0.2, -0.15) is 0 Å². The summed E-state index contributed by atoms with van der Waals surface area (Å²) in [5, 5.41) is 14.0. The highest BCUT2D eigenvalue weighted by atomic mass is 16.3. The molecule has 76 valence electrons. The molecule has 3 rings (SSSR count). The standard InChI is InChI=1S/C12H17NO/c14-12-8-13-7-10(12)6-5-9-3-1-2-4-11(9)12/h3-4,10,13-14H,1-2,5-8H2. The van der Waals surface area contributed by atoms with Gasteiger partial charge in [0.2, 0.25) is 0 Å². The molecule has 2 aliphatic carbocycles. The van der Waals surface area contributed by atoms with E-state index in [2.05, 4.69) is 17.5 Å². The molecule has 0 aromatic carbocycles. The van der Waals surface area contributed by atoms with E-state index in [0.29, 0.717) is 5.92 Å². The Labute approximate surface area is 84.7 Å². The number of nitrogens with one attached hydrogen (secondary N) is 1. The predicted octanol–water partition coefficient (Wildman–Crippen LogP) is 1.38. The number of hydrogen-bond acceptors (Lipinski definition) is 2. The molecule has 0 aromatic rings. The highest BCUT2D eigenvalue weighted by molar-refractivity contribution is 5.44. The largest absolute Gasteiger partial charge is 0.383 e. The number of allylic oxidation sites excluding steroid dienone is 2. The molecule has 0 radical (unpaired) electrons. The number of fused-ring (bicyclic) bond motifs is 3. The van der Waals surface area contributed by atoms with E-state index in [0.717, 1.165) is 32.4 Å². The number of hydrogen-bond donors (Lipinski definition) is 2. The van der Waals surface area contributed by atoms with Crippen LogP contribution in [-0.4, -0.2) is 23.8 Å². The van der Waals surface area contributed by atoms with E-state index in [4.69, 9.17) is 0 Å². The smallest absolute Gasteiger partial charge is 0.106 e. The molecule has 0 bridgehead atoms. The molecule has 14 heavy (non-hydrogen) atoms. The van der Waals surface area contributed by atoms with Crippen molar-refractivity contribution in [3.63, 3.8) is 0 Å². The second-order valence-corrected chi connectivity index (χ2v) is 4.72. The van der Waals surface area contributed by atoms with Gasteiger partial charge in [-0.25, -0.2) is 0 Å². The van der Waals surface area contributed by atoms with Crippen LogP contribution >= 0.6 is 0 Å². The maximum absolute atomic E-state index is 10.6. The molecule has 3 aliphatic rings. The Morgan fingerprint density at radius 2 is 2.21 bits per heavy atom. The van der Waals surface area contributed by atoms with Gasteiger partial charge in [0.1, 0.15) is 5.60 Å². The van der Waals surface area contributed by atoms with Crippen molar-refractivity contribution in [3.05, 3.63) is 23.3 Å². The Bertz CT molecular complexity index is 318. The van der Waals surface area contributed by atoms with Crippen LogP contribution in [0.2, 0.25) is 0 Å². The minimum Gasteiger partial charge on any atom is -0.383 e. The molecular weight excluding hydrogens is 174 g/mol. The molecule has 1 saturated carbocycles. The van der Waals surface area contributed by atoms with Crippen molar-refractivity contribution in [1.29, 1.82) is 0 Å². The van der Waals surface area contributed by atoms with Gasteiger partial charge >= 0.3 is 0 Å². The average Bonchev–Trinajstić information content (AvgIpc) is 2.60. The summed E-state index contributed by atoms with van der Waals surface area (Å²) >= 11 is 0. The van der Waals surface area contributed by atoms with Crippen LogP contribution in [0.1, 0.15) is 25.7 Å². The zero-order valence-electron chi connectivity index (χ0n) is 8.42. The first-order valence-corrected chi connectivity index (χ1v) is 5.64. The Balaban J connectivity index is 2.02. The lowest BCUT2D eigenvalue weighted by atomic mass is 9.70. The normalized spacial score (nSPS) is 41.1. The third-order valence-corrected chi connectivity index (χ3v) is 3.94. The molecule has 2 nitrogen and oxygen atoms in total. The number of aliphatic hydroxyl groups is 1. The topological polar surface area (TPSA) is 32.3 Å². The van der Waals surface area contributed by atoms with Crippen molar-refractivity contribution in [1.82, 2.24) is 5.32 Å². The van der Waals surface area contributed by atoms with Crippen molar-refractivity contribution >= 4 is 0 Å². The van der Waals surface area contributed by atoms with Crippen LogP contribution in [0.4, 0.5) is 0 Å². The van der Waals surface area contributed by atoms with E-state index < -0.39 is 5.60 Å². The third-order valence-electron chi connectivity index (χ3n) is 3.94. The van der Waals surface area contributed by atoms with Gasteiger partial charge in [-0.15, -0.1) is 0 Å². The summed E-state index contributed by atoms with van der Waals surface area (Å²) in [5.41, 5.74) is 2.12. The summed E-state index contributed by atoms with van der Waals surface area (Å²) in [5.74, 6) is 0.448. The van der Waals surface area contributed by atoms with Gasteiger partial charge in [-0.05, 0) is 36.8 Å². The number of β-amino-alcohol motifs (C(OH)–C–C–N with tert-alkyl or cyclic N) is 1. The van der Waals surface area contributed by atoms with Crippen LogP contribution in [0.25, 0.3) is 0 Å². The van der Waals surface area contributed by atoms with Crippen molar-refractivity contribution in [2.75, 3.05) is 13.1 Å². The van der Waals surface area contributed by atoms with Gasteiger partial charge in [-0.3, -0.25) is 0 Å². The van der Waals surface area contributed by atoms with E-state index >= 15 is 0 Å². The van der Waals surface area contributed by atoms with Crippen molar-refractivity contribution < 1.29 is 5.11 Å². The maximum atomic E-state index is 10.6. The van der Waals surface area contributed by atoms with Gasteiger partial charge in [0.05, 0.1) is 0 Å². The molecule has 0 amide bonds. The molecule has 0 spiro atoms. The number of rotatable bonds is 0. The molecule has 2 unspecified atom stereocenters. The van der Waals surface area contributed by atoms with E-state index in [9.17, 15) is 5.11 Å². The predicted molar refractivity (Wildman–Crippen MR) is 55.9 cm³/mol. The molecule has 1 saturated heterocycles. The summed E-state index contributed by atoms with van der Waals surface area (Å²) in [6.45, 7) is 1.74. The summed E-state index contributed by atoms with van der Waals surface area (Å²) in [6, 6.07) is 0. The highest BCUT2D eigenvalue weighted by Gasteiger charge is 2.47. The SMILES string of the molecule is OC12CNCC1CCC1=CCCC=C12. The average molecular weight is 191 g/mol. The van der Waals surface area contributed by atoms with Crippen LogP contribution in [0.15, 0.2) is 23.3 Å². The summed E-state index contributed by atoms with van der Waals surface area (Å²) in [6.07, 6.45) is 9.16. The first-order chi connectivity index (χ1) is 6.81. The Morgan fingerprint density at radius 1 is 1.36 bits per heavy atom. The third kappa shape index (κ3) is 1.04. The lowest BCUT2D eigenvalue weighted by Gasteiger charge is -2.39. The monoisotopic (exact) mass is 191 g/mol. The molecule has 2 atom stereocenters. The van der Waals surface area contributed by atoms with E-state index in [1.165, 1.54) is 17.6 Å². The van der Waals surface area contributed by atoms with E-state index in [-0.39, 0.29) is 0 Å². The zero-order valence-corrected chi connectivity index (χ0v) is 8.42. The highest BCUT2D eigenvalue weighted by Crippen LogP contribution is 2.44. The molecule has 0 aromatic heterocycles. The fraction of sp³-hybridized carbons (Fsp3) is 0.667. The Kier molecular flexibility index (Phi) is 1.83. The van der Waals surface area contributed by atoms with Crippen molar-refractivity contribution in [2.24, 2.45) is 5.92 Å². The van der Waals surface area contributed by atoms with Crippen LogP contribution in [0.5, 0.6) is 0 Å².